The fraction of sp³-hybridized carbons (Fsp3) is 0.167. The first-order valence-electron chi connectivity index (χ1n) is 9.32. The van der Waals surface area contributed by atoms with Crippen LogP contribution in [0.4, 0.5) is 0 Å². The average molecular weight is 532 g/mol. The molecule has 4 aromatic carbocycles. The Morgan fingerprint density at radius 2 is 1.03 bits per heavy atom. The van der Waals surface area contributed by atoms with Gasteiger partial charge in [-0.2, -0.15) is 0 Å². The fourth-order valence-electron chi connectivity index (χ4n) is 3.60. The van der Waals surface area contributed by atoms with Crippen molar-refractivity contribution in [1.82, 2.24) is 0 Å². The second-order valence-corrected chi connectivity index (χ2v) is 8.38. The monoisotopic (exact) mass is 530 g/mol. The molecule has 0 fully saturated rings. The summed E-state index contributed by atoms with van der Waals surface area (Å²) in [7, 11) is 3.21. The molecule has 0 amide bonds. The molecule has 0 bridgehead atoms. The van der Waals surface area contributed by atoms with Gasteiger partial charge in [0.25, 0.3) is 0 Å². The number of rotatable bonds is 7. The van der Waals surface area contributed by atoms with Crippen LogP contribution in [0.15, 0.2) is 69.6 Å². The molecular weight excluding hydrogens is 512 g/mol. The van der Waals surface area contributed by atoms with Crippen LogP contribution >= 0.6 is 31.9 Å². The third kappa shape index (κ3) is 3.93. The van der Waals surface area contributed by atoms with E-state index in [4.69, 9.17) is 18.9 Å². The van der Waals surface area contributed by atoms with Crippen molar-refractivity contribution in [1.29, 1.82) is 0 Å². The number of halogens is 2. The molecule has 0 aliphatic heterocycles. The van der Waals surface area contributed by atoms with E-state index in [2.05, 4.69) is 68.3 Å². The molecule has 0 unspecified atom stereocenters. The van der Waals surface area contributed by atoms with Gasteiger partial charge in [0.1, 0.15) is 11.5 Å². The summed E-state index contributed by atoms with van der Waals surface area (Å²) in [6.07, 6.45) is 0. The maximum Gasteiger partial charge on any atom is 0.188 e. The van der Waals surface area contributed by atoms with Crippen molar-refractivity contribution in [3.05, 3.63) is 69.6 Å². The zero-order chi connectivity index (χ0) is 21.1. The lowest BCUT2D eigenvalue weighted by Gasteiger charge is -2.21. The minimum Gasteiger partial charge on any atom is -0.466 e. The van der Waals surface area contributed by atoms with Crippen LogP contribution < -0.4 is 9.47 Å². The SMILES string of the molecule is COCOc1c(Br)cc2ccccc2c1-c1c(OCOC)c(Br)cc2ccccc12. The summed E-state index contributed by atoms with van der Waals surface area (Å²) in [5.74, 6) is 1.39. The number of hydrogen-bond acceptors (Lipinski definition) is 4. The molecule has 0 aliphatic carbocycles. The number of fused-ring (bicyclic) bond motifs is 2. The summed E-state index contributed by atoms with van der Waals surface area (Å²) < 4.78 is 24.2. The van der Waals surface area contributed by atoms with Gasteiger partial charge in [0.15, 0.2) is 13.6 Å². The topological polar surface area (TPSA) is 36.9 Å². The predicted molar refractivity (Wildman–Crippen MR) is 127 cm³/mol. The van der Waals surface area contributed by atoms with Crippen molar-refractivity contribution in [3.63, 3.8) is 0 Å². The van der Waals surface area contributed by atoms with Gasteiger partial charge in [-0.25, -0.2) is 0 Å². The van der Waals surface area contributed by atoms with Crippen molar-refractivity contribution in [2.45, 2.75) is 0 Å². The van der Waals surface area contributed by atoms with E-state index in [-0.39, 0.29) is 13.6 Å². The lowest BCUT2D eigenvalue weighted by molar-refractivity contribution is 0.0496. The molecule has 30 heavy (non-hydrogen) atoms. The van der Waals surface area contributed by atoms with Gasteiger partial charge in [-0.15, -0.1) is 0 Å². The lowest BCUT2D eigenvalue weighted by atomic mass is 9.92. The Morgan fingerprint density at radius 3 is 1.43 bits per heavy atom. The Labute approximate surface area is 192 Å². The Balaban J connectivity index is 2.16. The molecule has 0 aliphatic rings. The van der Waals surface area contributed by atoms with E-state index in [0.717, 1.165) is 41.6 Å². The summed E-state index contributed by atoms with van der Waals surface area (Å²) in [6.45, 7) is 0.258. The summed E-state index contributed by atoms with van der Waals surface area (Å²) >= 11 is 7.40. The average Bonchev–Trinajstić information content (AvgIpc) is 2.76. The second-order valence-electron chi connectivity index (χ2n) is 6.67. The van der Waals surface area contributed by atoms with Gasteiger partial charge in [-0.05, 0) is 65.5 Å². The highest BCUT2D eigenvalue weighted by molar-refractivity contribution is 9.11. The molecule has 6 heteroatoms. The van der Waals surface area contributed by atoms with E-state index in [1.54, 1.807) is 14.2 Å². The second kappa shape index (κ2) is 9.35. The smallest absolute Gasteiger partial charge is 0.188 e. The van der Waals surface area contributed by atoms with Crippen molar-refractivity contribution in [2.75, 3.05) is 27.8 Å². The standard InChI is InChI=1S/C24H20Br2O4/c1-27-13-29-23-19(25)11-15-7-3-5-9-17(15)21(23)22-18-10-6-4-8-16(18)12-20(26)24(22)30-14-28-2/h3-12H,13-14H2,1-2H3. The Hall–Kier alpha value is -2.12. The maximum absolute atomic E-state index is 6.06. The molecule has 4 rings (SSSR count). The zero-order valence-corrected chi connectivity index (χ0v) is 19.7. The van der Waals surface area contributed by atoms with Crippen LogP contribution in [0.3, 0.4) is 0 Å². The summed E-state index contributed by atoms with van der Waals surface area (Å²) in [6, 6.07) is 20.5. The largest absolute Gasteiger partial charge is 0.466 e. The summed E-state index contributed by atoms with van der Waals surface area (Å²) in [4.78, 5) is 0. The molecule has 4 nitrogen and oxygen atoms in total. The van der Waals surface area contributed by atoms with Crippen LogP contribution in [-0.4, -0.2) is 27.8 Å². The lowest BCUT2D eigenvalue weighted by Crippen LogP contribution is -2.05. The van der Waals surface area contributed by atoms with Crippen molar-refractivity contribution in [3.8, 4) is 22.6 Å². The van der Waals surface area contributed by atoms with Crippen LogP contribution in [0.25, 0.3) is 32.7 Å². The summed E-state index contributed by atoms with van der Waals surface area (Å²) in [5.41, 5.74) is 1.86. The number of methoxy groups -OCH3 is 2. The fourth-order valence-corrected chi connectivity index (χ4v) is 4.72. The van der Waals surface area contributed by atoms with E-state index < -0.39 is 0 Å². The van der Waals surface area contributed by atoms with Crippen molar-refractivity contribution >= 4 is 53.4 Å². The molecule has 0 atom stereocenters. The van der Waals surface area contributed by atoms with E-state index in [0.29, 0.717) is 11.5 Å². The first kappa shape index (κ1) is 21.1. The first-order valence-corrected chi connectivity index (χ1v) is 10.9. The van der Waals surface area contributed by atoms with Gasteiger partial charge in [0.05, 0.1) is 8.95 Å². The molecule has 154 valence electrons. The van der Waals surface area contributed by atoms with Gasteiger partial charge in [0.2, 0.25) is 0 Å². The highest BCUT2D eigenvalue weighted by atomic mass is 79.9. The van der Waals surface area contributed by atoms with Gasteiger partial charge in [-0.1, -0.05) is 48.5 Å². The molecule has 0 radical (unpaired) electrons. The Bertz CT molecular complexity index is 1110. The number of hydrogen-bond donors (Lipinski definition) is 0. The Morgan fingerprint density at radius 1 is 0.633 bits per heavy atom. The highest BCUT2D eigenvalue weighted by Crippen LogP contribution is 2.50. The predicted octanol–water partition coefficient (Wildman–Crippen LogP) is 7.15. The number of benzene rings is 4. The zero-order valence-electron chi connectivity index (χ0n) is 16.6. The van der Waals surface area contributed by atoms with Gasteiger partial charge in [-0.3, -0.25) is 0 Å². The third-order valence-electron chi connectivity index (χ3n) is 4.80. The van der Waals surface area contributed by atoms with Gasteiger partial charge in [0, 0.05) is 25.3 Å². The molecule has 0 saturated heterocycles. The third-order valence-corrected chi connectivity index (χ3v) is 5.98. The van der Waals surface area contributed by atoms with Crippen LogP contribution in [0.2, 0.25) is 0 Å². The first-order chi connectivity index (χ1) is 14.7. The van der Waals surface area contributed by atoms with Crippen molar-refractivity contribution in [2.24, 2.45) is 0 Å². The highest BCUT2D eigenvalue weighted by Gasteiger charge is 2.23. The summed E-state index contributed by atoms with van der Waals surface area (Å²) in [5, 5.41) is 4.28. The molecular formula is C24H20Br2O4. The van der Waals surface area contributed by atoms with Gasteiger partial charge >= 0.3 is 0 Å². The normalized spacial score (nSPS) is 11.2. The molecule has 0 heterocycles. The number of ether oxygens (including phenoxy) is 4. The van der Waals surface area contributed by atoms with Crippen LogP contribution in [0, 0.1) is 0 Å². The van der Waals surface area contributed by atoms with Gasteiger partial charge < -0.3 is 18.9 Å². The van der Waals surface area contributed by atoms with Crippen LogP contribution in [0.5, 0.6) is 11.5 Å². The van der Waals surface area contributed by atoms with Crippen LogP contribution in [-0.2, 0) is 9.47 Å². The minimum atomic E-state index is 0.129. The molecule has 0 saturated carbocycles. The maximum atomic E-state index is 6.06. The quantitative estimate of drug-likeness (QED) is 0.237. The molecule has 0 N–H and O–H groups in total. The van der Waals surface area contributed by atoms with Crippen molar-refractivity contribution < 1.29 is 18.9 Å². The minimum absolute atomic E-state index is 0.129. The van der Waals surface area contributed by atoms with E-state index in [1.165, 1.54) is 0 Å². The Kier molecular flexibility index (Phi) is 6.58. The van der Waals surface area contributed by atoms with E-state index >= 15 is 0 Å². The van der Waals surface area contributed by atoms with Crippen LogP contribution in [0.1, 0.15) is 0 Å². The molecule has 0 aromatic heterocycles. The molecule has 4 aromatic rings. The van der Waals surface area contributed by atoms with E-state index in [9.17, 15) is 0 Å². The molecule has 0 spiro atoms. The van der Waals surface area contributed by atoms with E-state index in [1.807, 2.05) is 24.3 Å².